The van der Waals surface area contributed by atoms with Crippen molar-refractivity contribution in [2.24, 2.45) is 5.41 Å². The summed E-state index contributed by atoms with van der Waals surface area (Å²) in [6.45, 7) is 1.99. The van der Waals surface area contributed by atoms with Gasteiger partial charge in [-0.15, -0.1) is 0 Å². The van der Waals surface area contributed by atoms with Crippen LogP contribution in [0, 0.1) is 5.41 Å². The molecule has 1 aromatic carbocycles. The number of carbonyl (C=O) groups is 2. The third-order valence-electron chi connectivity index (χ3n) is 4.01. The van der Waals surface area contributed by atoms with Gasteiger partial charge in [0, 0.05) is 0 Å². The Labute approximate surface area is 130 Å². The molecule has 1 amide bonds. The van der Waals surface area contributed by atoms with E-state index in [2.05, 4.69) is 5.32 Å². The molecule has 0 fully saturated rings. The van der Waals surface area contributed by atoms with Gasteiger partial charge in [0.2, 0.25) is 0 Å². The second-order valence-electron chi connectivity index (χ2n) is 5.58. The van der Waals surface area contributed by atoms with E-state index < -0.39 is 11.5 Å². The van der Waals surface area contributed by atoms with Crippen molar-refractivity contribution >= 4 is 12.1 Å². The number of rotatable bonds is 4. The minimum atomic E-state index is -0.769. The van der Waals surface area contributed by atoms with Gasteiger partial charge in [0.1, 0.15) is 6.61 Å². The van der Waals surface area contributed by atoms with E-state index in [1.807, 2.05) is 42.5 Å². The molecule has 0 bridgehead atoms. The summed E-state index contributed by atoms with van der Waals surface area (Å²) in [6.07, 6.45) is 4.46. The van der Waals surface area contributed by atoms with Crippen molar-refractivity contribution in [3.05, 3.63) is 48.0 Å². The van der Waals surface area contributed by atoms with Crippen molar-refractivity contribution in [3.63, 3.8) is 0 Å². The highest BCUT2D eigenvalue weighted by Crippen LogP contribution is 2.34. The van der Waals surface area contributed by atoms with Crippen molar-refractivity contribution in [3.8, 4) is 0 Å². The molecule has 0 radical (unpaired) electrons. The number of benzene rings is 1. The van der Waals surface area contributed by atoms with Gasteiger partial charge in [-0.2, -0.15) is 0 Å². The van der Waals surface area contributed by atoms with Crippen molar-refractivity contribution in [1.29, 1.82) is 0 Å². The lowest BCUT2D eigenvalue weighted by Gasteiger charge is -2.36. The first-order valence-corrected chi connectivity index (χ1v) is 7.27. The topological polar surface area (TPSA) is 64.6 Å². The highest BCUT2D eigenvalue weighted by atomic mass is 16.5. The van der Waals surface area contributed by atoms with E-state index >= 15 is 0 Å². The van der Waals surface area contributed by atoms with Crippen LogP contribution in [0.2, 0.25) is 0 Å². The van der Waals surface area contributed by atoms with Crippen LogP contribution in [-0.4, -0.2) is 25.2 Å². The lowest BCUT2D eigenvalue weighted by molar-refractivity contribution is -0.153. The summed E-state index contributed by atoms with van der Waals surface area (Å²) in [6, 6.07) is 9.10. The second-order valence-corrected chi connectivity index (χ2v) is 5.58. The molecule has 0 heterocycles. The summed E-state index contributed by atoms with van der Waals surface area (Å²) in [7, 11) is 1.36. The number of hydrogen-bond acceptors (Lipinski definition) is 4. The van der Waals surface area contributed by atoms with Gasteiger partial charge < -0.3 is 14.8 Å². The lowest BCUT2D eigenvalue weighted by atomic mass is 9.74. The number of ether oxygens (including phenoxy) is 2. The normalized spacial score (nSPS) is 23.6. The smallest absolute Gasteiger partial charge is 0.407 e. The number of hydrogen-bond donors (Lipinski definition) is 1. The first-order chi connectivity index (χ1) is 10.6. The molecule has 5 heteroatoms. The van der Waals surface area contributed by atoms with Crippen LogP contribution in [0.15, 0.2) is 42.5 Å². The van der Waals surface area contributed by atoms with Gasteiger partial charge in [-0.3, -0.25) is 4.79 Å². The van der Waals surface area contributed by atoms with Crippen molar-refractivity contribution < 1.29 is 19.1 Å². The van der Waals surface area contributed by atoms with Gasteiger partial charge in [0.15, 0.2) is 0 Å². The van der Waals surface area contributed by atoms with Crippen molar-refractivity contribution in [2.45, 2.75) is 32.4 Å². The summed E-state index contributed by atoms with van der Waals surface area (Å²) in [5.41, 5.74) is 0.145. The molecular formula is C17H21NO4. The molecule has 0 spiro atoms. The molecule has 0 aromatic heterocycles. The first kappa shape index (κ1) is 16.1. The Hall–Kier alpha value is -2.30. The number of amides is 1. The summed E-state index contributed by atoms with van der Waals surface area (Å²) in [5, 5.41) is 2.78. The van der Waals surface area contributed by atoms with Crippen LogP contribution >= 0.6 is 0 Å². The van der Waals surface area contributed by atoms with Crippen LogP contribution in [0.4, 0.5) is 4.79 Å². The fraction of sp³-hybridized carbons (Fsp3) is 0.412. The van der Waals surface area contributed by atoms with Gasteiger partial charge in [-0.25, -0.2) is 4.79 Å². The molecule has 5 nitrogen and oxygen atoms in total. The Morgan fingerprint density at radius 2 is 2.00 bits per heavy atom. The number of allylic oxidation sites excluding steroid dienone is 1. The van der Waals surface area contributed by atoms with Crippen molar-refractivity contribution in [1.82, 2.24) is 5.32 Å². The SMILES string of the molecule is COC(=O)[C@@]1(C)CC=CC[C@@H]1NC(=O)OCc1ccccc1. The first-order valence-electron chi connectivity index (χ1n) is 7.27. The average Bonchev–Trinajstić information content (AvgIpc) is 2.55. The third-order valence-corrected chi connectivity index (χ3v) is 4.01. The highest BCUT2D eigenvalue weighted by molar-refractivity contribution is 5.79. The van der Waals surface area contributed by atoms with E-state index in [0.717, 1.165) is 5.56 Å². The van der Waals surface area contributed by atoms with E-state index in [0.29, 0.717) is 12.8 Å². The lowest BCUT2D eigenvalue weighted by Crippen LogP contribution is -2.51. The monoisotopic (exact) mass is 303 g/mol. The maximum atomic E-state index is 12.0. The van der Waals surface area contributed by atoms with Crippen LogP contribution in [-0.2, 0) is 20.9 Å². The third kappa shape index (κ3) is 3.67. The van der Waals surface area contributed by atoms with Gasteiger partial charge >= 0.3 is 12.1 Å². The Morgan fingerprint density at radius 1 is 1.27 bits per heavy atom. The van der Waals surface area contributed by atoms with Crippen LogP contribution in [0.3, 0.4) is 0 Å². The molecule has 0 saturated carbocycles. The number of methoxy groups -OCH3 is 1. The zero-order valence-corrected chi connectivity index (χ0v) is 12.9. The summed E-state index contributed by atoms with van der Waals surface area (Å²) < 4.78 is 10.1. The number of nitrogens with one attached hydrogen (secondary N) is 1. The van der Waals surface area contributed by atoms with Gasteiger partial charge in [-0.1, -0.05) is 42.5 Å². The van der Waals surface area contributed by atoms with E-state index in [1.165, 1.54) is 7.11 Å². The predicted molar refractivity (Wildman–Crippen MR) is 82.0 cm³/mol. The average molecular weight is 303 g/mol. The Balaban J connectivity index is 1.94. The quantitative estimate of drug-likeness (QED) is 0.686. The molecule has 118 valence electrons. The Bertz CT molecular complexity index is 555. The largest absolute Gasteiger partial charge is 0.469 e. The summed E-state index contributed by atoms with van der Waals surface area (Å²) in [5.74, 6) is -0.329. The van der Waals surface area contributed by atoms with Crippen molar-refractivity contribution in [2.75, 3.05) is 7.11 Å². The zero-order valence-electron chi connectivity index (χ0n) is 12.9. The second kappa shape index (κ2) is 7.11. The minimum Gasteiger partial charge on any atom is -0.469 e. The molecule has 0 aliphatic heterocycles. The van der Waals surface area contributed by atoms with E-state index in [9.17, 15) is 9.59 Å². The Kier molecular flexibility index (Phi) is 5.20. The number of carbonyl (C=O) groups excluding carboxylic acids is 2. The number of esters is 1. The Morgan fingerprint density at radius 3 is 2.68 bits per heavy atom. The fourth-order valence-corrected chi connectivity index (χ4v) is 2.55. The molecule has 0 unspecified atom stereocenters. The standard InChI is InChI=1S/C17H21NO4/c1-17(15(19)21-2)11-7-6-10-14(17)18-16(20)22-12-13-8-4-3-5-9-13/h3-9,14H,10-12H2,1-2H3,(H,18,20)/t14-,17-/m0/s1. The molecule has 1 aromatic rings. The minimum absolute atomic E-state index is 0.199. The van der Waals surface area contributed by atoms with Gasteiger partial charge in [-0.05, 0) is 25.3 Å². The molecule has 0 saturated heterocycles. The van der Waals surface area contributed by atoms with E-state index in [-0.39, 0.29) is 18.6 Å². The maximum absolute atomic E-state index is 12.0. The van der Waals surface area contributed by atoms with Crippen LogP contribution in [0.25, 0.3) is 0 Å². The van der Waals surface area contributed by atoms with E-state index in [4.69, 9.17) is 9.47 Å². The van der Waals surface area contributed by atoms with Crippen LogP contribution in [0.5, 0.6) is 0 Å². The fourth-order valence-electron chi connectivity index (χ4n) is 2.55. The summed E-state index contributed by atoms with van der Waals surface area (Å²) >= 11 is 0. The van der Waals surface area contributed by atoms with Gasteiger partial charge in [0.05, 0.1) is 18.6 Å². The molecule has 1 aliphatic carbocycles. The highest BCUT2D eigenvalue weighted by Gasteiger charge is 2.43. The van der Waals surface area contributed by atoms with E-state index in [1.54, 1.807) is 6.92 Å². The molecule has 1 N–H and O–H groups in total. The predicted octanol–water partition coefficient (Wildman–Crippen LogP) is 2.81. The molecular weight excluding hydrogens is 282 g/mol. The maximum Gasteiger partial charge on any atom is 0.407 e. The summed E-state index contributed by atoms with van der Waals surface area (Å²) in [4.78, 5) is 24.0. The molecule has 2 atom stereocenters. The van der Waals surface area contributed by atoms with Gasteiger partial charge in [0.25, 0.3) is 0 Å². The zero-order chi connectivity index (χ0) is 16.0. The molecule has 1 aliphatic rings. The van der Waals surface area contributed by atoms with Crippen LogP contribution in [0.1, 0.15) is 25.3 Å². The molecule has 2 rings (SSSR count). The van der Waals surface area contributed by atoms with Crippen LogP contribution < -0.4 is 5.32 Å². The molecule has 22 heavy (non-hydrogen) atoms. The number of alkyl carbamates (subject to hydrolysis) is 1.